The van der Waals surface area contributed by atoms with Gasteiger partial charge in [0, 0.05) is 16.8 Å². The largest absolute Gasteiger partial charge is 0.508 e. The lowest BCUT2D eigenvalue weighted by Crippen LogP contribution is -2.14. The Balaban J connectivity index is 1.59. The average Bonchev–Trinajstić information content (AvgIpc) is 3.11. The first-order valence-corrected chi connectivity index (χ1v) is 9.76. The van der Waals surface area contributed by atoms with Gasteiger partial charge in [0.1, 0.15) is 10.8 Å². The van der Waals surface area contributed by atoms with E-state index in [9.17, 15) is 9.90 Å². The average molecular weight is 370 g/mol. The van der Waals surface area contributed by atoms with Crippen LogP contribution in [0.5, 0.6) is 5.75 Å². The van der Waals surface area contributed by atoms with Crippen molar-refractivity contribution in [1.82, 2.24) is 4.98 Å². The van der Waals surface area contributed by atoms with Gasteiger partial charge in [-0.2, -0.15) is 0 Å². The molecule has 0 atom stereocenters. The van der Waals surface area contributed by atoms with Crippen LogP contribution < -0.4 is 5.32 Å². The van der Waals surface area contributed by atoms with Crippen molar-refractivity contribution in [3.8, 4) is 5.75 Å². The molecule has 0 aliphatic rings. The van der Waals surface area contributed by atoms with Crippen LogP contribution in [0.4, 0.5) is 5.69 Å². The molecule has 2 heterocycles. The summed E-state index contributed by atoms with van der Waals surface area (Å²) in [7, 11) is 0. The number of para-hydroxylation sites is 1. The van der Waals surface area contributed by atoms with Gasteiger partial charge in [0.15, 0.2) is 0 Å². The van der Waals surface area contributed by atoms with Gasteiger partial charge < -0.3 is 10.4 Å². The molecule has 3 aromatic rings. The number of carbonyl (C=O) groups is 1. The number of phenolic OH excluding ortho intramolecular Hbond substituents is 1. The van der Waals surface area contributed by atoms with Crippen LogP contribution >= 0.6 is 23.1 Å². The van der Waals surface area contributed by atoms with Crippen LogP contribution in [0.1, 0.15) is 10.4 Å². The number of carbonyl (C=O) groups excluding carboxylic acids is 1. The minimum absolute atomic E-state index is 0.0435. The van der Waals surface area contributed by atoms with Crippen molar-refractivity contribution in [2.24, 2.45) is 0 Å². The van der Waals surface area contributed by atoms with Gasteiger partial charge in [0.25, 0.3) is 0 Å². The van der Waals surface area contributed by atoms with Gasteiger partial charge in [-0.15, -0.1) is 23.1 Å². The number of hydrogen-bond donors (Lipinski definition) is 2. The Bertz CT molecular complexity index is 835. The summed E-state index contributed by atoms with van der Waals surface area (Å²) in [6.07, 6.45) is 2.82. The number of benzene rings is 1. The van der Waals surface area contributed by atoms with Crippen LogP contribution in [0, 0.1) is 0 Å². The summed E-state index contributed by atoms with van der Waals surface area (Å²) in [5.74, 6) is 1.04. The molecule has 0 radical (unpaired) electrons. The lowest BCUT2D eigenvalue weighted by atomic mass is 10.1. The predicted octanol–water partition coefficient (Wildman–Crippen LogP) is 4.36. The Labute approximate surface area is 154 Å². The molecule has 2 N–H and O–H groups in total. The number of phenols is 1. The highest BCUT2D eigenvalue weighted by Crippen LogP contribution is 2.27. The van der Waals surface area contributed by atoms with Crippen LogP contribution in [0.2, 0.25) is 0 Å². The number of amides is 1. The van der Waals surface area contributed by atoms with Gasteiger partial charge in [0.2, 0.25) is 5.91 Å². The van der Waals surface area contributed by atoms with Crippen molar-refractivity contribution in [2.75, 3.05) is 11.1 Å². The zero-order chi connectivity index (χ0) is 17.5. The van der Waals surface area contributed by atoms with E-state index in [1.54, 1.807) is 35.4 Å². The monoisotopic (exact) mass is 370 g/mol. The first-order chi connectivity index (χ1) is 12.2. The smallest absolute Gasteiger partial charge is 0.229 e. The molecular formula is C19H18N2O2S2. The molecule has 4 nitrogen and oxygen atoms in total. The molecule has 1 amide bonds. The summed E-state index contributed by atoms with van der Waals surface area (Å²) < 4.78 is 0. The number of rotatable bonds is 7. The Morgan fingerprint density at radius 3 is 2.84 bits per heavy atom. The highest BCUT2D eigenvalue weighted by Gasteiger charge is 2.10. The molecule has 1 aromatic carbocycles. The van der Waals surface area contributed by atoms with E-state index in [1.165, 1.54) is 0 Å². The summed E-state index contributed by atoms with van der Waals surface area (Å²) in [4.78, 5) is 17.6. The summed E-state index contributed by atoms with van der Waals surface area (Å²) in [5, 5.41) is 15.5. The van der Waals surface area contributed by atoms with Gasteiger partial charge in [-0.3, -0.25) is 4.79 Å². The second-order valence-electron chi connectivity index (χ2n) is 5.39. The van der Waals surface area contributed by atoms with Crippen LogP contribution in [0.15, 0.2) is 65.1 Å². The molecule has 0 spiro atoms. The van der Waals surface area contributed by atoms with Gasteiger partial charge in [-0.25, -0.2) is 4.98 Å². The number of thiophene rings is 1. The van der Waals surface area contributed by atoms with Crippen molar-refractivity contribution in [3.05, 3.63) is 70.5 Å². The Morgan fingerprint density at radius 2 is 2.04 bits per heavy atom. The summed E-state index contributed by atoms with van der Waals surface area (Å²) in [5.41, 5.74) is 1.64. The number of pyridine rings is 1. The summed E-state index contributed by atoms with van der Waals surface area (Å²) in [6.45, 7) is 0. The fourth-order valence-electron chi connectivity index (χ4n) is 2.35. The lowest BCUT2D eigenvalue weighted by Gasteiger charge is -2.10. The zero-order valence-electron chi connectivity index (χ0n) is 13.5. The van der Waals surface area contributed by atoms with E-state index in [1.807, 2.05) is 47.8 Å². The number of anilines is 1. The van der Waals surface area contributed by atoms with Gasteiger partial charge in [-0.1, -0.05) is 24.3 Å². The quantitative estimate of drug-likeness (QED) is 0.607. The van der Waals surface area contributed by atoms with Crippen LogP contribution in [0.25, 0.3) is 0 Å². The molecule has 3 rings (SSSR count). The van der Waals surface area contributed by atoms with E-state index in [4.69, 9.17) is 0 Å². The number of nitrogens with zero attached hydrogens (tertiary/aromatic N) is 1. The minimum atomic E-state index is -0.0435. The minimum Gasteiger partial charge on any atom is -0.508 e. The molecule has 25 heavy (non-hydrogen) atoms. The molecule has 128 valence electrons. The molecule has 6 heteroatoms. The highest BCUT2D eigenvalue weighted by molar-refractivity contribution is 7.99. The fourth-order valence-corrected chi connectivity index (χ4v) is 3.98. The highest BCUT2D eigenvalue weighted by atomic mass is 32.2. The number of nitrogens with one attached hydrogen (secondary N) is 1. The number of aromatic hydroxyl groups is 1. The third-order valence-corrected chi connectivity index (χ3v) is 5.45. The first kappa shape index (κ1) is 17.5. The van der Waals surface area contributed by atoms with Crippen LogP contribution in [0.3, 0.4) is 0 Å². The maximum Gasteiger partial charge on any atom is 0.229 e. The van der Waals surface area contributed by atoms with Crippen molar-refractivity contribution in [3.63, 3.8) is 0 Å². The summed E-state index contributed by atoms with van der Waals surface area (Å²) in [6, 6.07) is 14.9. The zero-order valence-corrected chi connectivity index (χ0v) is 15.1. The molecule has 0 aliphatic heterocycles. The number of aryl methyl sites for hydroxylation is 1. The number of hydrogen-bond acceptors (Lipinski definition) is 5. The van der Waals surface area contributed by atoms with E-state index in [2.05, 4.69) is 10.3 Å². The van der Waals surface area contributed by atoms with Crippen molar-refractivity contribution in [2.45, 2.75) is 17.9 Å². The van der Waals surface area contributed by atoms with Gasteiger partial charge in [-0.05, 0) is 41.6 Å². The van der Waals surface area contributed by atoms with E-state index in [0.717, 1.165) is 33.3 Å². The van der Waals surface area contributed by atoms with E-state index in [0.29, 0.717) is 12.2 Å². The van der Waals surface area contributed by atoms with E-state index < -0.39 is 0 Å². The standard InChI is InChI=1S/C19H18N2O2S2/c22-17-8-2-1-5-14(17)9-12-25-19-16(7-3-10-20-19)21-18(23)13-15-6-4-11-24-15/h1-8,10-11,22H,9,12-13H2,(H,21,23). The number of thioether (sulfide) groups is 1. The summed E-state index contributed by atoms with van der Waals surface area (Å²) >= 11 is 3.14. The maximum absolute atomic E-state index is 12.2. The lowest BCUT2D eigenvalue weighted by molar-refractivity contribution is -0.115. The third kappa shape index (κ3) is 5.08. The molecule has 0 saturated carbocycles. The molecular weight excluding hydrogens is 352 g/mol. The maximum atomic E-state index is 12.2. The topological polar surface area (TPSA) is 62.2 Å². The Kier molecular flexibility index (Phi) is 6.09. The van der Waals surface area contributed by atoms with Gasteiger partial charge >= 0.3 is 0 Å². The molecule has 0 bridgehead atoms. The molecule has 2 aromatic heterocycles. The van der Waals surface area contributed by atoms with Gasteiger partial charge in [0.05, 0.1) is 12.1 Å². The molecule has 0 unspecified atom stereocenters. The Morgan fingerprint density at radius 1 is 1.16 bits per heavy atom. The molecule has 0 fully saturated rings. The second kappa shape index (κ2) is 8.69. The van der Waals surface area contributed by atoms with Crippen molar-refractivity contribution >= 4 is 34.7 Å². The fraction of sp³-hybridized carbons (Fsp3) is 0.158. The number of aromatic nitrogens is 1. The van der Waals surface area contributed by atoms with E-state index >= 15 is 0 Å². The normalized spacial score (nSPS) is 10.6. The van der Waals surface area contributed by atoms with E-state index in [-0.39, 0.29) is 5.91 Å². The van der Waals surface area contributed by atoms with Crippen molar-refractivity contribution in [1.29, 1.82) is 0 Å². The van der Waals surface area contributed by atoms with Crippen molar-refractivity contribution < 1.29 is 9.90 Å². The first-order valence-electron chi connectivity index (χ1n) is 7.89. The molecule has 0 aliphatic carbocycles. The molecule has 0 saturated heterocycles. The second-order valence-corrected chi connectivity index (χ2v) is 7.50. The van der Waals surface area contributed by atoms with Crippen LogP contribution in [-0.2, 0) is 17.6 Å². The Hall–Kier alpha value is -2.31. The predicted molar refractivity (Wildman–Crippen MR) is 103 cm³/mol. The third-order valence-electron chi connectivity index (χ3n) is 3.56. The van der Waals surface area contributed by atoms with Crippen LogP contribution in [-0.4, -0.2) is 21.8 Å². The SMILES string of the molecule is O=C(Cc1cccs1)Nc1cccnc1SCCc1ccccc1O.